The van der Waals surface area contributed by atoms with Crippen LogP contribution in [0.3, 0.4) is 0 Å². The van der Waals surface area contributed by atoms with Crippen molar-refractivity contribution < 1.29 is 69.4 Å². The Morgan fingerprint density at radius 2 is 1.60 bits per heavy atom. The van der Waals surface area contributed by atoms with Crippen molar-refractivity contribution in [3.05, 3.63) is 0 Å². The van der Waals surface area contributed by atoms with Crippen molar-refractivity contribution in [1.82, 2.24) is 0 Å². The van der Waals surface area contributed by atoms with E-state index in [-0.39, 0.29) is 57.8 Å². The van der Waals surface area contributed by atoms with Crippen LogP contribution < -0.4 is 51.4 Å². The molecule has 2 aliphatic carbocycles. The maximum absolute atomic E-state index is 12.7. The van der Waals surface area contributed by atoms with Crippen LogP contribution in [-0.2, 0) is 0 Å². The van der Waals surface area contributed by atoms with Gasteiger partial charge in [-0.2, -0.15) is 0 Å². The second-order valence-corrected chi connectivity index (χ2v) is 4.78. The van der Waals surface area contributed by atoms with E-state index >= 15 is 0 Å². The number of hydrogen-bond donors (Lipinski definition) is 1. The van der Waals surface area contributed by atoms with Crippen LogP contribution in [0.1, 0.15) is 38.5 Å². The molecule has 2 rings (SSSR count). The Bertz CT molecular complexity index is 228. The van der Waals surface area contributed by atoms with Crippen LogP contribution in [0.25, 0.3) is 0 Å². The fourth-order valence-corrected chi connectivity index (χ4v) is 3.24. The molecule has 2 unspecified atom stereocenters. The first-order valence-electron chi connectivity index (χ1n) is 5.35. The largest absolute Gasteiger partial charge is 1.00 e. The molecule has 0 aromatic heterocycles. The Morgan fingerprint density at radius 1 is 1.07 bits per heavy atom. The summed E-state index contributed by atoms with van der Waals surface area (Å²) < 4.78 is 38.0. The predicted octanol–water partition coefficient (Wildman–Crippen LogP) is -0.0769. The summed E-state index contributed by atoms with van der Waals surface area (Å²) in [7, 11) is 0. The molecule has 2 aliphatic rings. The molecule has 6 heteroatoms. The average Bonchev–Trinajstić information content (AvgIpc) is 2.14. The molecule has 1 spiro atoms. The van der Waals surface area contributed by atoms with Gasteiger partial charge in [-0.15, -0.1) is 0 Å². The third-order valence-electron chi connectivity index (χ3n) is 4.12. The van der Waals surface area contributed by atoms with Gasteiger partial charge < -0.3 is 18.1 Å². The molecule has 1 N–H and O–H groups in total. The van der Waals surface area contributed by atoms with E-state index in [4.69, 9.17) is 0 Å². The maximum atomic E-state index is 12.7. The minimum Gasteiger partial charge on any atom is -0.449 e. The fourth-order valence-electron chi connectivity index (χ4n) is 3.24. The number of rotatable bonds is 1. The van der Waals surface area contributed by atoms with Gasteiger partial charge in [-0.25, -0.2) is 0 Å². The Balaban J connectivity index is 0.00000112. The molecule has 82 valence electrons. The Hall–Kier alpha value is 1.45. The monoisotopic (exact) mass is 246 g/mol. The zero-order valence-corrected chi connectivity index (χ0v) is 12.2. The predicted molar refractivity (Wildman–Crippen MR) is 49.0 cm³/mol. The van der Waals surface area contributed by atoms with Crippen LogP contribution in [0.5, 0.6) is 0 Å². The molecule has 0 heterocycles. The maximum Gasteiger partial charge on any atom is 1.00 e. The molecule has 0 bridgehead atoms. The van der Waals surface area contributed by atoms with E-state index in [1.807, 2.05) is 0 Å². The minimum atomic E-state index is -4.75. The number of aliphatic hydroxyl groups excluding tert-OH is 1. The first kappa shape index (κ1) is 14.5. The van der Waals surface area contributed by atoms with Gasteiger partial charge in [-0.3, -0.25) is 0 Å². The van der Waals surface area contributed by atoms with E-state index in [1.54, 1.807) is 0 Å². The van der Waals surface area contributed by atoms with Gasteiger partial charge in [0.2, 0.25) is 0 Å². The summed E-state index contributed by atoms with van der Waals surface area (Å²) in [5.74, 6) is -1.18. The van der Waals surface area contributed by atoms with Gasteiger partial charge in [0.15, 0.2) is 0 Å². The second-order valence-electron chi connectivity index (χ2n) is 4.78. The van der Waals surface area contributed by atoms with Gasteiger partial charge in [-0.05, 0) is 24.7 Å². The Morgan fingerprint density at radius 3 is 2.00 bits per heavy atom. The molecule has 0 saturated heterocycles. The molecule has 2 saturated carbocycles. The zero-order chi connectivity index (χ0) is 10.4. The summed E-state index contributed by atoms with van der Waals surface area (Å²) in [5, 5.41) is 9.57. The first-order valence-corrected chi connectivity index (χ1v) is 5.35. The second kappa shape index (κ2) is 4.98. The summed E-state index contributed by atoms with van der Waals surface area (Å²) in [6.07, 6.45) is 3.10. The van der Waals surface area contributed by atoms with Crippen LogP contribution in [0.4, 0.5) is 12.9 Å². The molecule has 0 aromatic rings. The van der Waals surface area contributed by atoms with Crippen molar-refractivity contribution in [3.63, 3.8) is 0 Å². The van der Waals surface area contributed by atoms with E-state index in [0.29, 0.717) is 12.8 Å². The molecule has 2 atom stereocenters. The van der Waals surface area contributed by atoms with Crippen LogP contribution >= 0.6 is 0 Å². The van der Waals surface area contributed by atoms with Gasteiger partial charge in [0.25, 0.3) is 0 Å². The number of aliphatic hydroxyl groups is 1. The fraction of sp³-hybridized carbons (Fsp3) is 1.00. The van der Waals surface area contributed by atoms with Crippen LogP contribution in [0, 0.1) is 5.41 Å². The molecule has 0 radical (unpaired) electrons. The molecule has 15 heavy (non-hydrogen) atoms. The van der Waals surface area contributed by atoms with Crippen LogP contribution in [-0.4, -0.2) is 18.2 Å². The molecule has 1 nitrogen and oxygen atoms in total. The van der Waals surface area contributed by atoms with Crippen molar-refractivity contribution in [2.75, 3.05) is 0 Å². The zero-order valence-electron chi connectivity index (χ0n) is 9.06. The Kier molecular flexibility index (Phi) is 4.82. The minimum absolute atomic E-state index is 0. The first-order chi connectivity index (χ1) is 6.47. The Labute approximate surface area is 131 Å². The van der Waals surface area contributed by atoms with Gasteiger partial charge in [-0.1, -0.05) is 25.1 Å². The van der Waals surface area contributed by atoms with Crippen LogP contribution in [0.2, 0.25) is 5.82 Å². The normalized spacial score (nSPS) is 34.4. The van der Waals surface area contributed by atoms with E-state index in [0.717, 1.165) is 19.3 Å². The van der Waals surface area contributed by atoms with Gasteiger partial charge >= 0.3 is 58.4 Å². The summed E-state index contributed by atoms with van der Waals surface area (Å²) >= 11 is 0. The van der Waals surface area contributed by atoms with Crippen molar-refractivity contribution in [1.29, 1.82) is 0 Å². The van der Waals surface area contributed by atoms with E-state index < -0.39 is 24.3 Å². The van der Waals surface area contributed by atoms with E-state index in [9.17, 15) is 18.1 Å². The molecule has 0 aromatic carbocycles. The van der Waals surface area contributed by atoms with E-state index in [2.05, 4.69) is 0 Å². The molecule has 0 aliphatic heterocycles. The average molecular weight is 246 g/mol. The van der Waals surface area contributed by atoms with Crippen molar-refractivity contribution in [2.24, 2.45) is 5.41 Å². The SMILES string of the molecule is OC1CC([B-](F)(F)F)C12CCCCC2.[K+]. The number of halogens is 3. The third-order valence-corrected chi connectivity index (χ3v) is 4.12. The van der Waals surface area contributed by atoms with Crippen molar-refractivity contribution >= 4 is 6.98 Å². The smallest absolute Gasteiger partial charge is 0.449 e. The molecular formula is C9H15BF3KO. The third kappa shape index (κ3) is 2.50. The summed E-state index contributed by atoms with van der Waals surface area (Å²) in [5.41, 5.74) is -0.781. The summed E-state index contributed by atoms with van der Waals surface area (Å²) in [6.45, 7) is -4.75. The molecule has 2 fully saturated rings. The van der Waals surface area contributed by atoms with Gasteiger partial charge in [0.05, 0.1) is 6.10 Å². The number of hydrogen-bond acceptors (Lipinski definition) is 1. The standard InChI is InChI=1S/C9H15BF3O.K/c11-10(12,13)7-6-8(14)9(7)4-2-1-3-5-9;/h7-8,14H,1-6H2;/q-1;+1. The quantitative estimate of drug-likeness (QED) is 0.642. The van der Waals surface area contributed by atoms with Gasteiger partial charge in [0.1, 0.15) is 0 Å². The van der Waals surface area contributed by atoms with Crippen molar-refractivity contribution in [2.45, 2.75) is 50.4 Å². The summed E-state index contributed by atoms with van der Waals surface area (Å²) in [4.78, 5) is 0. The van der Waals surface area contributed by atoms with Crippen LogP contribution in [0.15, 0.2) is 0 Å². The van der Waals surface area contributed by atoms with Crippen molar-refractivity contribution in [3.8, 4) is 0 Å². The summed E-state index contributed by atoms with van der Waals surface area (Å²) in [6, 6.07) is 0. The molecular weight excluding hydrogens is 231 g/mol. The topological polar surface area (TPSA) is 20.2 Å². The van der Waals surface area contributed by atoms with E-state index in [1.165, 1.54) is 0 Å². The molecule has 0 amide bonds. The van der Waals surface area contributed by atoms with Gasteiger partial charge in [0, 0.05) is 0 Å².